The van der Waals surface area contributed by atoms with Crippen LogP contribution in [-0.4, -0.2) is 80.5 Å². The quantitative estimate of drug-likeness (QED) is 0.0449. The van der Waals surface area contributed by atoms with Gasteiger partial charge in [0.05, 0.1) is 19.6 Å². The van der Waals surface area contributed by atoms with Gasteiger partial charge in [0, 0.05) is 19.3 Å². The molecule has 260 valence electrons. The minimum absolute atomic E-state index is 0.0791. The average molecular weight is 659 g/mol. The Hall–Kier alpha value is -1.66. The van der Waals surface area contributed by atoms with Gasteiger partial charge < -0.3 is 24.7 Å². The highest BCUT2D eigenvalue weighted by Gasteiger charge is 2.45. The highest BCUT2D eigenvalue weighted by atomic mass is 31.2. The van der Waals surface area contributed by atoms with Crippen LogP contribution in [0, 0.1) is 0 Å². The second-order valence-electron chi connectivity index (χ2n) is 11.9. The molecule has 0 aliphatic carbocycles. The average Bonchev–Trinajstić information content (AvgIpc) is 3.30. The summed E-state index contributed by atoms with van der Waals surface area (Å²) in [6.07, 6.45) is 17.4. The van der Waals surface area contributed by atoms with E-state index in [-0.39, 0.29) is 12.4 Å². The molecule has 0 spiro atoms. The molecule has 13 heteroatoms. The maximum atomic E-state index is 12.6. The highest BCUT2D eigenvalue weighted by Crippen LogP contribution is 2.44. The predicted molar refractivity (Wildman–Crippen MR) is 177 cm³/mol. The molecule has 0 amide bonds. The summed E-state index contributed by atoms with van der Waals surface area (Å²) in [4.78, 5) is 32.7. The molecular weight excluding hydrogens is 599 g/mol. The van der Waals surface area contributed by atoms with Crippen LogP contribution in [0.2, 0.25) is 0 Å². The van der Waals surface area contributed by atoms with E-state index in [1.165, 1.54) is 89.3 Å². The lowest BCUT2D eigenvalue weighted by Crippen LogP contribution is -2.36. The van der Waals surface area contributed by atoms with Crippen molar-refractivity contribution in [3.8, 4) is 0 Å². The molecule has 0 radical (unpaired) electrons. The first-order valence-corrected chi connectivity index (χ1v) is 18.7. The number of phosphoric ester groups is 1. The number of rotatable bonds is 26. The van der Waals surface area contributed by atoms with Crippen molar-refractivity contribution in [2.75, 3.05) is 26.3 Å². The molecular formula is C32H59N4O8P. The van der Waals surface area contributed by atoms with Crippen LogP contribution < -0.4 is 5.69 Å². The van der Waals surface area contributed by atoms with Gasteiger partial charge in [0.1, 0.15) is 18.3 Å². The maximum Gasteiger partial charge on any atom is 0.472 e. The Morgan fingerprint density at radius 2 is 1.42 bits per heavy atom. The van der Waals surface area contributed by atoms with E-state index in [9.17, 15) is 24.5 Å². The van der Waals surface area contributed by atoms with Crippen molar-refractivity contribution in [2.45, 2.75) is 148 Å². The molecule has 0 bridgehead atoms. The second kappa shape index (κ2) is 22.8. The predicted octanol–water partition coefficient (Wildman–Crippen LogP) is 6.26. The van der Waals surface area contributed by atoms with Gasteiger partial charge in [0.15, 0.2) is 12.0 Å². The molecule has 2 rings (SSSR count). The molecule has 45 heavy (non-hydrogen) atoms. The lowest BCUT2D eigenvalue weighted by atomic mass is 10.0. The van der Waals surface area contributed by atoms with Gasteiger partial charge in [-0.05, 0) is 26.3 Å². The van der Waals surface area contributed by atoms with Gasteiger partial charge in [-0.3, -0.25) is 13.6 Å². The molecule has 1 aliphatic heterocycles. The Labute approximate surface area is 269 Å². The van der Waals surface area contributed by atoms with Crippen molar-refractivity contribution in [2.24, 2.45) is 4.99 Å². The van der Waals surface area contributed by atoms with Crippen LogP contribution >= 0.6 is 7.82 Å². The molecule has 1 fully saturated rings. The number of hydrogen-bond acceptors (Lipinski definition) is 9. The molecule has 5 atom stereocenters. The van der Waals surface area contributed by atoms with Crippen LogP contribution in [0.3, 0.4) is 0 Å². The first kappa shape index (κ1) is 39.5. The van der Waals surface area contributed by atoms with Crippen LogP contribution in [0.5, 0.6) is 0 Å². The number of hydrogen-bond donors (Lipinski definition) is 3. The monoisotopic (exact) mass is 658 g/mol. The Morgan fingerprint density at radius 1 is 0.889 bits per heavy atom. The van der Waals surface area contributed by atoms with E-state index in [0.717, 1.165) is 36.9 Å². The zero-order chi connectivity index (χ0) is 32.9. The number of aliphatic hydroxyl groups is 2. The molecule has 2 unspecified atom stereocenters. The molecule has 3 N–H and O–H groups in total. The van der Waals surface area contributed by atoms with Crippen LogP contribution in [0.1, 0.15) is 130 Å². The third-order valence-corrected chi connectivity index (χ3v) is 9.23. The normalized spacial score (nSPS) is 21.5. The number of unbranched alkanes of at least 4 members (excludes halogenated alkanes) is 15. The molecule has 0 aromatic carbocycles. The summed E-state index contributed by atoms with van der Waals surface area (Å²) in [6, 6.07) is 1.49. The van der Waals surface area contributed by atoms with Crippen molar-refractivity contribution in [1.82, 2.24) is 14.5 Å². The summed E-state index contributed by atoms with van der Waals surface area (Å²) < 4.78 is 29.1. The van der Waals surface area contributed by atoms with Crippen molar-refractivity contribution < 1.29 is 33.5 Å². The largest absolute Gasteiger partial charge is 0.472 e. The van der Waals surface area contributed by atoms with E-state index in [1.807, 2.05) is 18.7 Å². The number of ether oxygens (including phenoxy) is 1. The van der Waals surface area contributed by atoms with Gasteiger partial charge in [-0.2, -0.15) is 4.98 Å². The minimum Gasteiger partial charge on any atom is -0.387 e. The van der Waals surface area contributed by atoms with Gasteiger partial charge in [-0.1, -0.05) is 103 Å². The van der Waals surface area contributed by atoms with Crippen LogP contribution in [0.25, 0.3) is 0 Å². The van der Waals surface area contributed by atoms with E-state index < -0.39 is 44.7 Å². The van der Waals surface area contributed by atoms with Crippen LogP contribution in [0.15, 0.2) is 22.1 Å². The fourth-order valence-corrected chi connectivity index (χ4v) is 6.10. The lowest BCUT2D eigenvalue weighted by Gasteiger charge is -2.18. The maximum absolute atomic E-state index is 12.6. The van der Waals surface area contributed by atoms with E-state index in [2.05, 4.69) is 16.9 Å². The summed E-state index contributed by atoms with van der Waals surface area (Å²) in [7, 11) is -4.38. The van der Waals surface area contributed by atoms with E-state index in [4.69, 9.17) is 13.8 Å². The van der Waals surface area contributed by atoms with Crippen molar-refractivity contribution in [3.63, 3.8) is 0 Å². The van der Waals surface area contributed by atoms with E-state index in [0.29, 0.717) is 6.42 Å². The summed E-state index contributed by atoms with van der Waals surface area (Å²) in [5, 5.41) is 20.9. The fraction of sp³-hybridized carbons (Fsp3) is 0.844. The SMILES string of the molecule is CCCCCCCCCCCCCCCCCCOP(=O)(O)OC[C@H]1O[C@@H](n2ccc(N=CN(CC)CC)nc2=O)C(O)[C@H]1O. The summed E-state index contributed by atoms with van der Waals surface area (Å²) >= 11 is 0. The Kier molecular flexibility index (Phi) is 20.0. The molecule has 1 aromatic heterocycles. The Bertz CT molecular complexity index is 1050. The Morgan fingerprint density at radius 3 is 1.93 bits per heavy atom. The molecule has 1 aromatic rings. The van der Waals surface area contributed by atoms with Gasteiger partial charge >= 0.3 is 13.5 Å². The van der Waals surface area contributed by atoms with Crippen molar-refractivity contribution in [3.05, 3.63) is 22.7 Å². The highest BCUT2D eigenvalue weighted by molar-refractivity contribution is 7.47. The summed E-state index contributed by atoms with van der Waals surface area (Å²) in [5.41, 5.74) is -0.725. The van der Waals surface area contributed by atoms with E-state index in [1.54, 1.807) is 6.34 Å². The third-order valence-electron chi connectivity index (χ3n) is 8.25. The van der Waals surface area contributed by atoms with Gasteiger partial charge in [-0.25, -0.2) is 14.4 Å². The number of aromatic nitrogens is 2. The summed E-state index contributed by atoms with van der Waals surface area (Å²) in [5.74, 6) is 0.193. The smallest absolute Gasteiger partial charge is 0.387 e. The van der Waals surface area contributed by atoms with Crippen molar-refractivity contribution in [1.29, 1.82) is 0 Å². The molecule has 1 saturated heterocycles. The lowest BCUT2D eigenvalue weighted by molar-refractivity contribution is -0.0551. The second-order valence-corrected chi connectivity index (χ2v) is 13.3. The number of aliphatic hydroxyl groups excluding tert-OH is 2. The molecule has 0 saturated carbocycles. The van der Waals surface area contributed by atoms with E-state index >= 15 is 0 Å². The standard InChI is InChI=1S/C32H59N4O8P/c1-4-7-8-9-10-11-12-13-14-15-16-17-18-19-20-21-24-42-45(40,41)43-25-27-29(37)30(38)31(44-27)36-23-22-28(34-32(36)39)33-26-35(5-2)6-3/h22-23,26-27,29-31,37-38H,4-21,24-25H2,1-3H3,(H,40,41)/t27-,29+,30?,31-/m1/s1. The molecule has 2 heterocycles. The van der Waals surface area contributed by atoms with Crippen LogP contribution in [0.4, 0.5) is 5.82 Å². The first-order valence-electron chi connectivity index (χ1n) is 17.2. The fourth-order valence-electron chi connectivity index (χ4n) is 5.33. The number of aliphatic imine (C=N–C) groups is 1. The van der Waals surface area contributed by atoms with Crippen LogP contribution in [-0.2, 0) is 18.3 Å². The Balaban J connectivity index is 1.58. The number of nitrogens with zero attached hydrogens (tertiary/aromatic N) is 4. The summed E-state index contributed by atoms with van der Waals surface area (Å²) in [6.45, 7) is 7.30. The zero-order valence-corrected chi connectivity index (χ0v) is 28.7. The number of phosphoric acid groups is 1. The minimum atomic E-state index is -4.38. The van der Waals surface area contributed by atoms with Crippen molar-refractivity contribution >= 4 is 20.0 Å². The van der Waals surface area contributed by atoms with Gasteiger partial charge in [0.25, 0.3) is 0 Å². The topological polar surface area (TPSA) is 156 Å². The van der Waals surface area contributed by atoms with Gasteiger partial charge in [0.2, 0.25) is 0 Å². The third kappa shape index (κ3) is 15.7. The molecule has 1 aliphatic rings. The van der Waals surface area contributed by atoms with Gasteiger partial charge in [-0.15, -0.1) is 0 Å². The first-order chi connectivity index (χ1) is 21.7. The zero-order valence-electron chi connectivity index (χ0n) is 27.8. The molecule has 12 nitrogen and oxygen atoms in total.